The molecule has 1 amide bonds. The zero-order valence-corrected chi connectivity index (χ0v) is 56.6. The van der Waals surface area contributed by atoms with Gasteiger partial charge in [-0.05, 0) is 77.0 Å². The topological polar surface area (TPSA) is 228 Å². The highest BCUT2D eigenvalue weighted by Crippen LogP contribution is 2.30. The standard InChI is InChI=1S/C76H133NO13/c1-3-5-7-9-11-13-15-17-19-20-21-22-23-24-25-26-27-28-29-30-31-32-33-34-35-36-37-38-39-40-41-42-43-44-46-48-50-52-54-56-58-60-68(81)77-64(65(80)59-57-55-53-51-49-47-45-18-16-14-12-10-8-6-4-2)63-87-75-73(86)71(84)74(67(62-79)89-75)90-76-72(85)70(83)69(82)66(61-78)88-76/h5,7,11,13,17,19,21-22,24-25,27-28,30-31,57,59,64-67,69-76,78-80,82-86H,3-4,6,8-10,12,14-16,18,20,23,26,29,32-56,58,60-63H2,1-2H3,(H,77,81)/b7-5-,13-11-,19-17-,22-21-,25-24-,28-27-,31-30-,59-57+. The Bertz CT molecular complexity index is 1880. The van der Waals surface area contributed by atoms with Crippen LogP contribution in [0.25, 0.3) is 0 Å². The number of allylic oxidation sites excluding steroid dienone is 15. The van der Waals surface area contributed by atoms with Gasteiger partial charge < -0.3 is 65.1 Å². The van der Waals surface area contributed by atoms with E-state index in [0.717, 1.165) is 83.5 Å². The van der Waals surface area contributed by atoms with Crippen LogP contribution >= 0.6 is 0 Å². The first-order valence-corrected chi connectivity index (χ1v) is 36.5. The van der Waals surface area contributed by atoms with Crippen molar-refractivity contribution in [2.75, 3.05) is 19.8 Å². The number of rotatable bonds is 59. The monoisotopic (exact) mass is 1270 g/mol. The number of aliphatic hydroxyl groups is 8. The summed E-state index contributed by atoms with van der Waals surface area (Å²) >= 11 is 0. The average molecular weight is 1270 g/mol. The summed E-state index contributed by atoms with van der Waals surface area (Å²) in [6, 6.07) is -0.917. The van der Waals surface area contributed by atoms with Gasteiger partial charge in [-0.25, -0.2) is 0 Å². The smallest absolute Gasteiger partial charge is 0.220 e. The van der Waals surface area contributed by atoms with Crippen LogP contribution in [0.1, 0.15) is 284 Å². The fourth-order valence-electron chi connectivity index (χ4n) is 11.5. The number of carbonyl (C=O) groups excluding carboxylic acids is 1. The van der Waals surface area contributed by atoms with Crippen molar-refractivity contribution in [2.45, 2.75) is 357 Å². The molecule has 12 unspecified atom stereocenters. The van der Waals surface area contributed by atoms with E-state index in [0.29, 0.717) is 6.42 Å². The van der Waals surface area contributed by atoms with Crippen molar-refractivity contribution in [1.82, 2.24) is 5.32 Å². The summed E-state index contributed by atoms with van der Waals surface area (Å²) < 4.78 is 22.8. The van der Waals surface area contributed by atoms with Gasteiger partial charge in [-0.15, -0.1) is 0 Å². The Morgan fingerprint density at radius 3 is 1.18 bits per heavy atom. The molecular weight excluding hydrogens is 1130 g/mol. The molecule has 2 fully saturated rings. The van der Waals surface area contributed by atoms with Crippen LogP contribution in [-0.4, -0.2) is 140 Å². The molecule has 9 N–H and O–H groups in total. The molecule has 2 rings (SSSR count). The largest absolute Gasteiger partial charge is 0.394 e. The van der Waals surface area contributed by atoms with E-state index in [1.54, 1.807) is 6.08 Å². The molecule has 2 aliphatic rings. The second kappa shape index (κ2) is 59.6. The van der Waals surface area contributed by atoms with Gasteiger partial charge in [0, 0.05) is 6.42 Å². The molecule has 14 nitrogen and oxygen atoms in total. The van der Waals surface area contributed by atoms with Gasteiger partial charge in [0.25, 0.3) is 0 Å². The van der Waals surface area contributed by atoms with Gasteiger partial charge in [0.2, 0.25) is 5.91 Å². The van der Waals surface area contributed by atoms with E-state index >= 15 is 0 Å². The van der Waals surface area contributed by atoms with Crippen LogP contribution in [0.3, 0.4) is 0 Å². The fourth-order valence-corrected chi connectivity index (χ4v) is 11.5. The predicted molar refractivity (Wildman–Crippen MR) is 369 cm³/mol. The summed E-state index contributed by atoms with van der Waals surface area (Å²) in [5, 5.41) is 87.3. The van der Waals surface area contributed by atoms with Crippen molar-refractivity contribution in [2.24, 2.45) is 0 Å². The molecule has 0 aliphatic carbocycles. The predicted octanol–water partition coefficient (Wildman–Crippen LogP) is 15.3. The van der Waals surface area contributed by atoms with Crippen molar-refractivity contribution in [3.63, 3.8) is 0 Å². The summed E-state index contributed by atoms with van der Waals surface area (Å²) in [5.74, 6) is -0.238. The number of nitrogens with one attached hydrogen (secondary N) is 1. The molecule has 90 heavy (non-hydrogen) atoms. The molecule has 0 aromatic rings. The maximum absolute atomic E-state index is 13.3. The Labute approximate surface area is 547 Å². The lowest BCUT2D eigenvalue weighted by Gasteiger charge is -2.46. The third kappa shape index (κ3) is 43.0. The van der Waals surface area contributed by atoms with Crippen LogP contribution in [0.5, 0.6) is 0 Å². The Balaban J connectivity index is 1.57. The minimum absolute atomic E-state index is 0.238. The normalized spacial score (nSPS) is 23.5. The quantitative estimate of drug-likeness (QED) is 0.0204. The molecule has 12 atom stereocenters. The van der Waals surface area contributed by atoms with E-state index < -0.39 is 86.8 Å². The fraction of sp³-hybridized carbons (Fsp3) is 0.776. The minimum Gasteiger partial charge on any atom is -0.394 e. The number of hydrogen-bond donors (Lipinski definition) is 9. The Hall–Kier alpha value is -3.09. The van der Waals surface area contributed by atoms with E-state index in [1.807, 2.05) is 6.08 Å². The molecule has 0 bridgehead atoms. The summed E-state index contributed by atoms with van der Waals surface area (Å²) in [4.78, 5) is 13.3. The minimum atomic E-state index is -1.79. The van der Waals surface area contributed by atoms with Gasteiger partial charge in [-0.1, -0.05) is 297 Å². The molecule has 2 heterocycles. The van der Waals surface area contributed by atoms with Gasteiger partial charge >= 0.3 is 0 Å². The van der Waals surface area contributed by atoms with Crippen LogP contribution in [0, 0.1) is 0 Å². The van der Waals surface area contributed by atoms with Gasteiger partial charge in [-0.2, -0.15) is 0 Å². The molecule has 0 aromatic carbocycles. The molecule has 0 radical (unpaired) electrons. The van der Waals surface area contributed by atoms with E-state index in [1.165, 1.54) is 173 Å². The van der Waals surface area contributed by atoms with E-state index in [2.05, 4.69) is 104 Å². The van der Waals surface area contributed by atoms with E-state index in [9.17, 15) is 45.6 Å². The second-order valence-electron chi connectivity index (χ2n) is 25.3. The van der Waals surface area contributed by atoms with Crippen LogP contribution in [0.2, 0.25) is 0 Å². The zero-order chi connectivity index (χ0) is 65.2. The van der Waals surface area contributed by atoms with Gasteiger partial charge in [0.05, 0.1) is 32.0 Å². The summed E-state index contributed by atoms with van der Waals surface area (Å²) in [7, 11) is 0. The highest BCUT2D eigenvalue weighted by molar-refractivity contribution is 5.76. The van der Waals surface area contributed by atoms with E-state index in [4.69, 9.17) is 18.9 Å². The molecule has 0 spiro atoms. The highest BCUT2D eigenvalue weighted by atomic mass is 16.7. The Kier molecular flexibility index (Phi) is 55.0. The van der Waals surface area contributed by atoms with Crippen LogP contribution in [0.15, 0.2) is 97.2 Å². The number of unbranched alkanes of at least 4 members (excludes halogenated alkanes) is 32. The van der Waals surface area contributed by atoms with Crippen LogP contribution < -0.4 is 5.32 Å². The van der Waals surface area contributed by atoms with Gasteiger partial charge in [-0.3, -0.25) is 4.79 Å². The molecular formula is C76H133NO13. The Morgan fingerprint density at radius 2 is 0.767 bits per heavy atom. The lowest BCUT2D eigenvalue weighted by molar-refractivity contribution is -0.359. The average Bonchev–Trinajstić information content (AvgIpc) is 1.58. The van der Waals surface area contributed by atoms with Crippen molar-refractivity contribution in [3.8, 4) is 0 Å². The number of carbonyl (C=O) groups is 1. The molecule has 2 aliphatic heterocycles. The molecule has 14 heteroatoms. The first-order chi connectivity index (χ1) is 44.1. The number of aliphatic hydroxyl groups excluding tert-OH is 8. The maximum Gasteiger partial charge on any atom is 0.220 e. The first kappa shape index (κ1) is 83.0. The second-order valence-corrected chi connectivity index (χ2v) is 25.3. The number of amides is 1. The van der Waals surface area contributed by atoms with Crippen LogP contribution in [0.4, 0.5) is 0 Å². The van der Waals surface area contributed by atoms with Gasteiger partial charge in [0.15, 0.2) is 12.6 Å². The van der Waals surface area contributed by atoms with E-state index in [-0.39, 0.29) is 18.9 Å². The third-order valence-electron chi connectivity index (χ3n) is 17.3. The summed E-state index contributed by atoms with van der Waals surface area (Å²) in [6.45, 7) is 2.70. The SMILES string of the molecule is CC/C=C\C/C=C\C/C=C\C/C=C\C/C=C\C/C=C\C/C=C\CCCCCCCCCCCCCCCCCCCCCC(=O)NC(COC1OC(CO)C(OC2OC(CO)C(O)C(O)C2O)C(O)C1O)C(O)/C=C/CCCCCCCCCCCCCCC. The molecule has 2 saturated heterocycles. The van der Waals surface area contributed by atoms with Crippen molar-refractivity contribution in [1.29, 1.82) is 0 Å². The number of hydrogen-bond acceptors (Lipinski definition) is 13. The molecule has 0 aromatic heterocycles. The van der Waals surface area contributed by atoms with Crippen molar-refractivity contribution in [3.05, 3.63) is 97.2 Å². The lowest BCUT2D eigenvalue weighted by Crippen LogP contribution is -2.65. The lowest BCUT2D eigenvalue weighted by atomic mass is 9.97. The van der Waals surface area contributed by atoms with Crippen molar-refractivity contribution < 1.29 is 64.6 Å². The molecule has 520 valence electrons. The molecule has 0 saturated carbocycles. The van der Waals surface area contributed by atoms with Gasteiger partial charge in [0.1, 0.15) is 48.8 Å². The van der Waals surface area contributed by atoms with Crippen molar-refractivity contribution >= 4 is 5.91 Å². The third-order valence-corrected chi connectivity index (χ3v) is 17.3. The summed E-state index contributed by atoms with van der Waals surface area (Å²) in [6.07, 6.45) is 67.6. The maximum atomic E-state index is 13.3. The first-order valence-electron chi connectivity index (χ1n) is 36.5. The number of ether oxygens (including phenoxy) is 4. The highest BCUT2D eigenvalue weighted by Gasteiger charge is 2.51. The summed E-state index contributed by atoms with van der Waals surface area (Å²) in [5.41, 5.74) is 0. The Morgan fingerprint density at radius 1 is 0.411 bits per heavy atom. The van der Waals surface area contributed by atoms with Crippen LogP contribution in [-0.2, 0) is 23.7 Å². The zero-order valence-electron chi connectivity index (χ0n) is 56.6.